The molecule has 0 aliphatic carbocycles. The second-order valence-electron chi connectivity index (χ2n) is 3.87. The number of aromatic nitrogens is 1. The Hall–Kier alpha value is -2.21. The van der Waals surface area contributed by atoms with Gasteiger partial charge in [-0.2, -0.15) is 0 Å². The lowest BCUT2D eigenvalue weighted by Gasteiger charge is -2.02. The molecule has 1 aromatic carbocycles. The van der Waals surface area contributed by atoms with Gasteiger partial charge in [0.2, 0.25) is 0 Å². The molecule has 0 bridgehead atoms. The Bertz CT molecular complexity index is 608. The van der Waals surface area contributed by atoms with Crippen LogP contribution in [0.5, 0.6) is 0 Å². The molecular weight excluding hydrogens is 264 g/mol. The highest BCUT2D eigenvalue weighted by Crippen LogP contribution is 2.17. The van der Waals surface area contributed by atoms with Crippen LogP contribution in [0.3, 0.4) is 0 Å². The maximum atomic E-state index is 11.8. The van der Waals surface area contributed by atoms with E-state index in [4.69, 9.17) is 5.11 Å². The van der Waals surface area contributed by atoms with Gasteiger partial charge in [-0.3, -0.25) is 4.79 Å². The van der Waals surface area contributed by atoms with Crippen molar-refractivity contribution in [2.45, 2.75) is 13.5 Å². The summed E-state index contributed by atoms with van der Waals surface area (Å²) in [7, 11) is 0. The zero-order valence-corrected chi connectivity index (χ0v) is 11.0. The fourth-order valence-corrected chi connectivity index (χ4v) is 2.44. The van der Waals surface area contributed by atoms with Crippen LogP contribution in [-0.4, -0.2) is 22.0 Å². The summed E-state index contributed by atoms with van der Waals surface area (Å²) in [5.41, 5.74) is 0.614. The summed E-state index contributed by atoms with van der Waals surface area (Å²) in [4.78, 5) is 27.3. The van der Waals surface area contributed by atoms with Crippen LogP contribution in [0.4, 0.5) is 0 Å². The maximum absolute atomic E-state index is 11.8. The Morgan fingerprint density at radius 1 is 1.32 bits per heavy atom. The van der Waals surface area contributed by atoms with Gasteiger partial charge in [-0.15, -0.1) is 11.3 Å². The number of carbonyl (C=O) groups is 2. The van der Waals surface area contributed by atoms with E-state index in [0.29, 0.717) is 15.4 Å². The first-order valence-electron chi connectivity index (χ1n) is 5.61. The fourth-order valence-electron chi connectivity index (χ4n) is 1.57. The van der Waals surface area contributed by atoms with Crippen LogP contribution in [0.25, 0.3) is 0 Å². The van der Waals surface area contributed by atoms with Gasteiger partial charge in [0.15, 0.2) is 5.69 Å². The molecule has 2 aromatic rings. The summed E-state index contributed by atoms with van der Waals surface area (Å²) in [5.74, 6) is -1.25. The summed E-state index contributed by atoms with van der Waals surface area (Å²) in [5, 5.41) is 12.2. The highest BCUT2D eigenvalue weighted by Gasteiger charge is 2.14. The number of hydrogen-bond donors (Lipinski definition) is 2. The van der Waals surface area contributed by atoms with Gasteiger partial charge in [-0.25, -0.2) is 9.78 Å². The van der Waals surface area contributed by atoms with Crippen molar-refractivity contribution in [3.63, 3.8) is 0 Å². The molecule has 0 saturated carbocycles. The van der Waals surface area contributed by atoms with E-state index in [1.807, 2.05) is 6.07 Å². The molecule has 19 heavy (non-hydrogen) atoms. The molecule has 0 saturated heterocycles. The molecule has 0 fully saturated rings. The van der Waals surface area contributed by atoms with Crippen molar-refractivity contribution in [3.05, 3.63) is 51.5 Å². The molecule has 1 aromatic heterocycles. The van der Waals surface area contributed by atoms with Crippen molar-refractivity contribution in [1.82, 2.24) is 10.3 Å². The minimum atomic E-state index is -1.05. The Labute approximate surface area is 113 Å². The van der Waals surface area contributed by atoms with Crippen molar-refractivity contribution >= 4 is 23.2 Å². The molecule has 0 spiro atoms. The summed E-state index contributed by atoms with van der Waals surface area (Å²) in [6.45, 7) is 1.93. The maximum Gasteiger partial charge on any atom is 0.355 e. The van der Waals surface area contributed by atoms with Crippen LogP contribution >= 0.6 is 11.3 Å². The van der Waals surface area contributed by atoms with Crippen LogP contribution in [0.1, 0.15) is 30.7 Å². The van der Waals surface area contributed by atoms with Gasteiger partial charge >= 0.3 is 5.97 Å². The van der Waals surface area contributed by atoms with Crippen LogP contribution in [0.15, 0.2) is 30.3 Å². The SMILES string of the molecule is Cc1sc(CNC(=O)c2ccccc2)nc1C(=O)O. The molecule has 6 heteroatoms. The minimum absolute atomic E-state index is 0.0500. The first kappa shape index (κ1) is 13.2. The highest BCUT2D eigenvalue weighted by molar-refractivity contribution is 7.11. The average Bonchev–Trinajstić information content (AvgIpc) is 2.78. The van der Waals surface area contributed by atoms with Crippen LogP contribution < -0.4 is 5.32 Å². The lowest BCUT2D eigenvalue weighted by Crippen LogP contribution is -2.22. The number of amides is 1. The molecule has 0 atom stereocenters. The first-order chi connectivity index (χ1) is 9.08. The summed E-state index contributed by atoms with van der Waals surface area (Å²) < 4.78 is 0. The van der Waals surface area contributed by atoms with E-state index in [2.05, 4.69) is 10.3 Å². The second-order valence-corrected chi connectivity index (χ2v) is 5.15. The van der Waals surface area contributed by atoms with E-state index in [0.717, 1.165) is 0 Å². The van der Waals surface area contributed by atoms with Crippen LogP contribution in [0, 0.1) is 6.92 Å². The van der Waals surface area contributed by atoms with Crippen molar-refractivity contribution in [2.75, 3.05) is 0 Å². The predicted molar refractivity (Wildman–Crippen MR) is 71.4 cm³/mol. The van der Waals surface area contributed by atoms with E-state index in [1.165, 1.54) is 11.3 Å². The number of carboxylic acid groups (broad SMARTS) is 1. The molecule has 0 radical (unpaired) electrons. The Balaban J connectivity index is 2.01. The largest absolute Gasteiger partial charge is 0.476 e. The number of rotatable bonds is 4. The quantitative estimate of drug-likeness (QED) is 0.896. The topological polar surface area (TPSA) is 79.3 Å². The Morgan fingerprint density at radius 2 is 2.00 bits per heavy atom. The molecular formula is C13H12N2O3S. The van der Waals surface area contributed by atoms with E-state index < -0.39 is 5.97 Å². The van der Waals surface area contributed by atoms with Crippen molar-refractivity contribution in [2.24, 2.45) is 0 Å². The third kappa shape index (κ3) is 3.17. The van der Waals surface area contributed by atoms with Crippen molar-refractivity contribution in [1.29, 1.82) is 0 Å². The molecule has 98 valence electrons. The molecule has 2 rings (SSSR count). The predicted octanol–water partition coefficient (Wildman–Crippen LogP) is 2.08. The molecule has 1 heterocycles. The normalized spacial score (nSPS) is 10.2. The third-order valence-electron chi connectivity index (χ3n) is 2.48. The zero-order chi connectivity index (χ0) is 13.8. The van der Waals surface area contributed by atoms with Crippen molar-refractivity contribution < 1.29 is 14.7 Å². The third-order valence-corrected chi connectivity index (χ3v) is 3.45. The number of aryl methyl sites for hydroxylation is 1. The van der Waals surface area contributed by atoms with Gasteiger partial charge < -0.3 is 10.4 Å². The van der Waals surface area contributed by atoms with Crippen molar-refractivity contribution in [3.8, 4) is 0 Å². The average molecular weight is 276 g/mol. The minimum Gasteiger partial charge on any atom is -0.476 e. The number of hydrogen-bond acceptors (Lipinski definition) is 4. The Morgan fingerprint density at radius 3 is 2.58 bits per heavy atom. The molecule has 5 nitrogen and oxygen atoms in total. The molecule has 0 aliphatic heterocycles. The first-order valence-corrected chi connectivity index (χ1v) is 6.42. The van der Waals surface area contributed by atoms with Gasteiger partial charge in [0.25, 0.3) is 5.91 Å². The van der Waals surface area contributed by atoms with Gasteiger partial charge in [0, 0.05) is 10.4 Å². The molecule has 0 aliphatic rings. The van der Waals surface area contributed by atoms with E-state index in [9.17, 15) is 9.59 Å². The number of benzene rings is 1. The van der Waals surface area contributed by atoms with Crippen LogP contribution in [-0.2, 0) is 6.54 Å². The summed E-state index contributed by atoms with van der Waals surface area (Å²) in [6, 6.07) is 8.83. The van der Waals surface area contributed by atoms with E-state index >= 15 is 0 Å². The number of aromatic carboxylic acids is 1. The Kier molecular flexibility index (Phi) is 3.91. The number of carboxylic acids is 1. The zero-order valence-electron chi connectivity index (χ0n) is 10.2. The standard InChI is InChI=1S/C13H12N2O3S/c1-8-11(13(17)18)15-10(19-8)7-14-12(16)9-5-3-2-4-6-9/h2-6H,7H2,1H3,(H,14,16)(H,17,18). The summed E-state index contributed by atoms with van der Waals surface area (Å²) in [6.07, 6.45) is 0. The van der Waals surface area contributed by atoms with Gasteiger partial charge in [0.1, 0.15) is 5.01 Å². The fraction of sp³-hybridized carbons (Fsp3) is 0.154. The van der Waals surface area contributed by atoms with E-state index in [1.54, 1.807) is 31.2 Å². The number of nitrogens with one attached hydrogen (secondary N) is 1. The smallest absolute Gasteiger partial charge is 0.355 e. The second kappa shape index (κ2) is 5.62. The monoisotopic (exact) mass is 276 g/mol. The molecule has 1 amide bonds. The number of carbonyl (C=O) groups excluding carboxylic acids is 1. The number of thiazole rings is 1. The molecule has 2 N–H and O–H groups in total. The summed E-state index contributed by atoms with van der Waals surface area (Å²) >= 11 is 1.27. The van der Waals surface area contributed by atoms with Gasteiger partial charge in [-0.1, -0.05) is 18.2 Å². The van der Waals surface area contributed by atoms with Crippen LogP contribution in [0.2, 0.25) is 0 Å². The lowest BCUT2D eigenvalue weighted by atomic mass is 10.2. The lowest BCUT2D eigenvalue weighted by molar-refractivity contribution is 0.0690. The van der Waals surface area contributed by atoms with Gasteiger partial charge in [-0.05, 0) is 19.1 Å². The molecule has 0 unspecified atom stereocenters. The number of nitrogens with zero attached hydrogens (tertiary/aromatic N) is 1. The van der Waals surface area contributed by atoms with E-state index in [-0.39, 0.29) is 18.1 Å². The van der Waals surface area contributed by atoms with Gasteiger partial charge in [0.05, 0.1) is 6.54 Å². The highest BCUT2D eigenvalue weighted by atomic mass is 32.1.